The first-order valence-electron chi connectivity index (χ1n) is 4.83. The highest BCUT2D eigenvalue weighted by atomic mass is 16.3. The molecule has 0 saturated heterocycles. The third-order valence-electron chi connectivity index (χ3n) is 2.63. The lowest BCUT2D eigenvalue weighted by Gasteiger charge is -2.01. The normalized spacial score (nSPS) is 13.4. The molecule has 1 unspecified atom stereocenters. The van der Waals surface area contributed by atoms with E-state index in [1.54, 1.807) is 6.92 Å². The van der Waals surface area contributed by atoms with Gasteiger partial charge < -0.3 is 9.67 Å². The van der Waals surface area contributed by atoms with Gasteiger partial charge in [0.15, 0.2) is 0 Å². The Labute approximate surface area is 83.8 Å². The number of aliphatic hydroxyl groups is 1. The largest absolute Gasteiger partial charge is 0.389 e. The summed E-state index contributed by atoms with van der Waals surface area (Å²) in [6, 6.07) is 6.29. The maximum absolute atomic E-state index is 9.59. The lowest BCUT2D eigenvalue weighted by molar-refractivity contribution is 0.200. The molecule has 0 bridgehead atoms. The minimum atomic E-state index is -0.401. The molecule has 1 N–H and O–H groups in total. The molecule has 0 saturated carbocycles. The molecule has 2 rings (SSSR count). The highest BCUT2D eigenvalue weighted by Crippen LogP contribution is 2.26. The fourth-order valence-corrected chi connectivity index (χ4v) is 1.86. The standard InChI is InChI=1S/C12H15NO/c1-8-4-5-10-11(9(2)14)7-13(3)12(10)6-8/h4-7,9,14H,1-3H3. The van der Waals surface area contributed by atoms with Crippen LogP contribution < -0.4 is 0 Å². The Morgan fingerprint density at radius 3 is 2.71 bits per heavy atom. The van der Waals surface area contributed by atoms with Gasteiger partial charge in [0.2, 0.25) is 0 Å². The smallest absolute Gasteiger partial charge is 0.0782 e. The van der Waals surface area contributed by atoms with Crippen LogP contribution in [0.4, 0.5) is 0 Å². The monoisotopic (exact) mass is 189 g/mol. The number of rotatable bonds is 1. The zero-order valence-corrected chi connectivity index (χ0v) is 8.78. The van der Waals surface area contributed by atoms with Gasteiger partial charge >= 0.3 is 0 Å². The number of benzene rings is 1. The molecule has 0 radical (unpaired) electrons. The van der Waals surface area contributed by atoms with Crippen LogP contribution in [0.3, 0.4) is 0 Å². The van der Waals surface area contributed by atoms with Crippen LogP contribution in [0.2, 0.25) is 0 Å². The SMILES string of the molecule is Cc1ccc2c(C(C)O)cn(C)c2c1. The molecule has 0 fully saturated rings. The second-order valence-corrected chi connectivity index (χ2v) is 3.89. The van der Waals surface area contributed by atoms with Crippen molar-refractivity contribution in [2.45, 2.75) is 20.0 Å². The van der Waals surface area contributed by atoms with Gasteiger partial charge in [-0.1, -0.05) is 12.1 Å². The van der Waals surface area contributed by atoms with Crippen LogP contribution in [0.25, 0.3) is 10.9 Å². The molecular formula is C12H15NO. The number of fused-ring (bicyclic) bond motifs is 1. The Morgan fingerprint density at radius 2 is 2.07 bits per heavy atom. The predicted molar refractivity (Wildman–Crippen MR) is 58.3 cm³/mol. The molecule has 0 aliphatic heterocycles. The van der Waals surface area contributed by atoms with Gasteiger partial charge in [-0.25, -0.2) is 0 Å². The summed E-state index contributed by atoms with van der Waals surface area (Å²) in [6.07, 6.45) is 1.59. The number of nitrogens with zero attached hydrogens (tertiary/aromatic N) is 1. The van der Waals surface area contributed by atoms with Crippen molar-refractivity contribution < 1.29 is 5.11 Å². The summed E-state index contributed by atoms with van der Waals surface area (Å²) < 4.78 is 2.06. The maximum Gasteiger partial charge on any atom is 0.0782 e. The Balaban J connectivity index is 2.77. The summed E-state index contributed by atoms with van der Waals surface area (Å²) in [4.78, 5) is 0. The van der Waals surface area contributed by atoms with E-state index in [2.05, 4.69) is 29.7 Å². The fraction of sp³-hybridized carbons (Fsp3) is 0.333. The van der Waals surface area contributed by atoms with Gasteiger partial charge in [-0.15, -0.1) is 0 Å². The maximum atomic E-state index is 9.59. The number of hydrogen-bond acceptors (Lipinski definition) is 1. The van der Waals surface area contributed by atoms with Gasteiger partial charge in [0.25, 0.3) is 0 Å². The average Bonchev–Trinajstić information content (AvgIpc) is 2.44. The summed E-state index contributed by atoms with van der Waals surface area (Å²) in [5.74, 6) is 0. The lowest BCUT2D eigenvalue weighted by atomic mass is 10.1. The first-order chi connectivity index (χ1) is 6.59. The third kappa shape index (κ3) is 1.32. The molecule has 74 valence electrons. The lowest BCUT2D eigenvalue weighted by Crippen LogP contribution is -1.88. The van der Waals surface area contributed by atoms with Gasteiger partial charge in [-0.3, -0.25) is 0 Å². The molecular weight excluding hydrogens is 174 g/mol. The minimum absolute atomic E-state index is 0.401. The van der Waals surface area contributed by atoms with Crippen LogP contribution in [-0.2, 0) is 7.05 Å². The Kier molecular flexibility index (Phi) is 2.08. The number of aliphatic hydroxyl groups excluding tert-OH is 1. The van der Waals surface area contributed by atoms with E-state index in [0.717, 1.165) is 10.9 Å². The molecule has 1 heterocycles. The first-order valence-corrected chi connectivity index (χ1v) is 4.83. The zero-order valence-electron chi connectivity index (χ0n) is 8.78. The summed E-state index contributed by atoms with van der Waals surface area (Å²) in [5.41, 5.74) is 3.43. The number of aryl methyl sites for hydroxylation is 2. The molecule has 2 aromatic rings. The van der Waals surface area contributed by atoms with Crippen LogP contribution in [-0.4, -0.2) is 9.67 Å². The van der Waals surface area contributed by atoms with Crippen molar-refractivity contribution in [2.24, 2.45) is 7.05 Å². The molecule has 14 heavy (non-hydrogen) atoms. The van der Waals surface area contributed by atoms with Crippen molar-refractivity contribution in [3.63, 3.8) is 0 Å². The van der Waals surface area contributed by atoms with E-state index in [1.165, 1.54) is 11.1 Å². The highest BCUT2D eigenvalue weighted by molar-refractivity contribution is 5.84. The van der Waals surface area contributed by atoms with E-state index in [9.17, 15) is 5.11 Å². The van der Waals surface area contributed by atoms with Gasteiger partial charge in [-0.05, 0) is 25.5 Å². The average molecular weight is 189 g/mol. The molecule has 0 aliphatic carbocycles. The minimum Gasteiger partial charge on any atom is -0.389 e. The summed E-state index contributed by atoms with van der Waals surface area (Å²) in [6.45, 7) is 3.88. The third-order valence-corrected chi connectivity index (χ3v) is 2.63. The van der Waals surface area contributed by atoms with E-state index in [4.69, 9.17) is 0 Å². The molecule has 2 nitrogen and oxygen atoms in total. The summed E-state index contributed by atoms with van der Waals surface area (Å²) >= 11 is 0. The van der Waals surface area contributed by atoms with Crippen molar-refractivity contribution in [3.05, 3.63) is 35.5 Å². The zero-order chi connectivity index (χ0) is 10.3. The van der Waals surface area contributed by atoms with Crippen molar-refractivity contribution in [1.82, 2.24) is 4.57 Å². The first kappa shape index (κ1) is 9.28. The van der Waals surface area contributed by atoms with Gasteiger partial charge in [0.1, 0.15) is 0 Å². The fourth-order valence-electron chi connectivity index (χ4n) is 1.86. The topological polar surface area (TPSA) is 25.2 Å². The Morgan fingerprint density at radius 1 is 1.36 bits per heavy atom. The van der Waals surface area contributed by atoms with E-state index >= 15 is 0 Å². The number of aromatic nitrogens is 1. The molecule has 0 aliphatic rings. The van der Waals surface area contributed by atoms with Crippen molar-refractivity contribution in [1.29, 1.82) is 0 Å². The Bertz CT molecular complexity index is 468. The van der Waals surface area contributed by atoms with Crippen LogP contribution in [0.5, 0.6) is 0 Å². The molecule has 1 aromatic heterocycles. The van der Waals surface area contributed by atoms with Crippen molar-refractivity contribution >= 4 is 10.9 Å². The molecule has 1 atom stereocenters. The quantitative estimate of drug-likeness (QED) is 0.732. The molecule has 0 amide bonds. The molecule has 2 heteroatoms. The Hall–Kier alpha value is -1.28. The number of hydrogen-bond donors (Lipinski definition) is 1. The van der Waals surface area contributed by atoms with E-state index < -0.39 is 6.10 Å². The van der Waals surface area contributed by atoms with Crippen molar-refractivity contribution in [3.8, 4) is 0 Å². The van der Waals surface area contributed by atoms with Gasteiger partial charge in [-0.2, -0.15) is 0 Å². The van der Waals surface area contributed by atoms with Gasteiger partial charge in [0, 0.05) is 29.7 Å². The molecule has 0 spiro atoms. The van der Waals surface area contributed by atoms with Gasteiger partial charge in [0.05, 0.1) is 6.10 Å². The second-order valence-electron chi connectivity index (χ2n) is 3.89. The van der Waals surface area contributed by atoms with Crippen molar-refractivity contribution in [2.75, 3.05) is 0 Å². The van der Waals surface area contributed by atoms with E-state index in [1.807, 2.05) is 13.2 Å². The highest BCUT2D eigenvalue weighted by Gasteiger charge is 2.10. The van der Waals surface area contributed by atoms with Crippen LogP contribution in [0.1, 0.15) is 24.2 Å². The predicted octanol–water partition coefficient (Wildman–Crippen LogP) is 2.54. The summed E-state index contributed by atoms with van der Waals surface area (Å²) in [5, 5.41) is 10.7. The van der Waals surface area contributed by atoms with E-state index in [-0.39, 0.29) is 0 Å². The second kappa shape index (κ2) is 3.14. The van der Waals surface area contributed by atoms with Crippen LogP contribution >= 0.6 is 0 Å². The molecule has 1 aromatic carbocycles. The van der Waals surface area contributed by atoms with E-state index in [0.29, 0.717) is 0 Å². The van der Waals surface area contributed by atoms with Crippen LogP contribution in [0, 0.1) is 6.92 Å². The van der Waals surface area contributed by atoms with Crippen LogP contribution in [0.15, 0.2) is 24.4 Å². The summed E-state index contributed by atoms with van der Waals surface area (Å²) in [7, 11) is 2.01.